The fourth-order valence-electron chi connectivity index (χ4n) is 2.06. The van der Waals surface area contributed by atoms with E-state index in [-0.39, 0.29) is 5.56 Å². The minimum Gasteiger partial charge on any atom is -0.494 e. The summed E-state index contributed by atoms with van der Waals surface area (Å²) in [5.74, 6) is 1.57. The van der Waals surface area contributed by atoms with Crippen LogP contribution in [0.25, 0.3) is 10.9 Å². The lowest BCUT2D eigenvalue weighted by Crippen LogP contribution is -2.03. The summed E-state index contributed by atoms with van der Waals surface area (Å²) in [5, 5.41) is 1.02. The van der Waals surface area contributed by atoms with Gasteiger partial charge in [0, 0.05) is 12.1 Å². The van der Waals surface area contributed by atoms with Gasteiger partial charge in [0.15, 0.2) is 0 Å². The van der Waals surface area contributed by atoms with Crippen molar-refractivity contribution in [2.75, 3.05) is 6.61 Å². The Labute approximate surface area is 113 Å². The molecule has 0 unspecified atom stereocenters. The van der Waals surface area contributed by atoms with Gasteiger partial charge >= 0.3 is 0 Å². The standard InChI is InChI=1S/C16H21NO2/c1-12(2)5-3-4-10-19-14-8-6-13-7-9-16(18)17-15(13)11-14/h6-9,11-12H,3-5,10H2,1-2H3,(H,17,18). The summed E-state index contributed by atoms with van der Waals surface area (Å²) in [4.78, 5) is 14.1. The predicted molar refractivity (Wildman–Crippen MR) is 78.8 cm³/mol. The van der Waals surface area contributed by atoms with Gasteiger partial charge in [0.2, 0.25) is 5.56 Å². The highest BCUT2D eigenvalue weighted by atomic mass is 16.5. The quantitative estimate of drug-likeness (QED) is 0.803. The molecule has 1 aromatic heterocycles. The number of hydrogen-bond acceptors (Lipinski definition) is 2. The summed E-state index contributed by atoms with van der Waals surface area (Å²) < 4.78 is 5.71. The second kappa shape index (κ2) is 6.41. The molecule has 0 bridgehead atoms. The van der Waals surface area contributed by atoms with Crippen LogP contribution in [0.2, 0.25) is 0 Å². The molecule has 0 aliphatic heterocycles. The molecule has 3 nitrogen and oxygen atoms in total. The second-order valence-electron chi connectivity index (χ2n) is 5.31. The van der Waals surface area contributed by atoms with Crippen LogP contribution in [0.1, 0.15) is 33.1 Å². The lowest BCUT2D eigenvalue weighted by atomic mass is 10.1. The molecule has 0 aliphatic carbocycles. The molecule has 0 spiro atoms. The number of benzene rings is 1. The van der Waals surface area contributed by atoms with Crippen molar-refractivity contribution in [2.45, 2.75) is 33.1 Å². The Hall–Kier alpha value is -1.77. The van der Waals surface area contributed by atoms with E-state index in [1.54, 1.807) is 0 Å². The molecule has 2 rings (SSSR count). The van der Waals surface area contributed by atoms with Crippen molar-refractivity contribution < 1.29 is 4.74 Å². The number of pyridine rings is 1. The third-order valence-corrected chi connectivity index (χ3v) is 3.14. The molecule has 0 radical (unpaired) electrons. The van der Waals surface area contributed by atoms with Crippen molar-refractivity contribution in [2.24, 2.45) is 5.92 Å². The van der Waals surface area contributed by atoms with Crippen LogP contribution in [-0.4, -0.2) is 11.6 Å². The third-order valence-electron chi connectivity index (χ3n) is 3.14. The number of rotatable bonds is 6. The lowest BCUT2D eigenvalue weighted by molar-refractivity contribution is 0.302. The summed E-state index contributed by atoms with van der Waals surface area (Å²) >= 11 is 0. The molecule has 1 N–H and O–H groups in total. The monoisotopic (exact) mass is 259 g/mol. The number of aromatic nitrogens is 1. The summed E-state index contributed by atoms with van der Waals surface area (Å²) in [5.41, 5.74) is 0.744. The van der Waals surface area contributed by atoms with E-state index in [1.165, 1.54) is 18.9 Å². The van der Waals surface area contributed by atoms with Crippen molar-refractivity contribution in [1.29, 1.82) is 0 Å². The summed E-state index contributed by atoms with van der Waals surface area (Å²) in [6.07, 6.45) is 3.51. The zero-order chi connectivity index (χ0) is 13.7. The van der Waals surface area contributed by atoms with E-state index < -0.39 is 0 Å². The molecular weight excluding hydrogens is 238 g/mol. The van der Waals surface area contributed by atoms with Crippen LogP contribution < -0.4 is 10.3 Å². The number of H-pyrrole nitrogens is 1. The first-order valence-electron chi connectivity index (χ1n) is 6.91. The molecule has 2 aromatic rings. The minimum absolute atomic E-state index is 0.0819. The minimum atomic E-state index is -0.0819. The van der Waals surface area contributed by atoms with E-state index in [0.717, 1.165) is 35.6 Å². The third kappa shape index (κ3) is 4.12. The van der Waals surface area contributed by atoms with Gasteiger partial charge in [-0.25, -0.2) is 0 Å². The lowest BCUT2D eigenvalue weighted by Gasteiger charge is -2.08. The van der Waals surface area contributed by atoms with Crippen LogP contribution in [0.5, 0.6) is 5.75 Å². The maximum Gasteiger partial charge on any atom is 0.248 e. The van der Waals surface area contributed by atoms with Crippen LogP contribution in [0.3, 0.4) is 0 Å². The molecular formula is C16H21NO2. The van der Waals surface area contributed by atoms with Gasteiger partial charge < -0.3 is 9.72 Å². The van der Waals surface area contributed by atoms with Gasteiger partial charge in [0.1, 0.15) is 5.75 Å². The van der Waals surface area contributed by atoms with Crippen LogP contribution in [0, 0.1) is 5.92 Å². The molecule has 0 atom stereocenters. The van der Waals surface area contributed by atoms with Crippen LogP contribution >= 0.6 is 0 Å². The molecule has 0 saturated carbocycles. The Balaban J connectivity index is 1.92. The first-order chi connectivity index (χ1) is 9.15. The van der Waals surface area contributed by atoms with Crippen molar-refractivity contribution in [1.82, 2.24) is 4.98 Å². The number of unbranched alkanes of at least 4 members (excludes halogenated alkanes) is 1. The van der Waals surface area contributed by atoms with Gasteiger partial charge in [-0.1, -0.05) is 20.3 Å². The first kappa shape index (κ1) is 13.7. The molecule has 0 saturated heterocycles. The number of hydrogen-bond donors (Lipinski definition) is 1. The molecule has 102 valence electrons. The van der Waals surface area contributed by atoms with Gasteiger partial charge in [-0.3, -0.25) is 4.79 Å². The van der Waals surface area contributed by atoms with E-state index in [1.807, 2.05) is 24.3 Å². The molecule has 1 heterocycles. The molecule has 0 aliphatic rings. The number of fused-ring (bicyclic) bond motifs is 1. The van der Waals surface area contributed by atoms with E-state index in [9.17, 15) is 4.79 Å². The van der Waals surface area contributed by atoms with Gasteiger partial charge in [0.25, 0.3) is 0 Å². The fourth-order valence-corrected chi connectivity index (χ4v) is 2.06. The SMILES string of the molecule is CC(C)CCCCOc1ccc2ccc(=O)[nH]c2c1. The van der Waals surface area contributed by atoms with E-state index in [0.29, 0.717) is 0 Å². The van der Waals surface area contributed by atoms with Crippen molar-refractivity contribution >= 4 is 10.9 Å². The highest BCUT2D eigenvalue weighted by molar-refractivity contribution is 5.79. The summed E-state index contributed by atoms with van der Waals surface area (Å²) in [6.45, 7) is 5.20. The topological polar surface area (TPSA) is 42.1 Å². The normalized spacial score (nSPS) is 11.1. The van der Waals surface area contributed by atoms with Crippen molar-refractivity contribution in [3.63, 3.8) is 0 Å². The van der Waals surface area contributed by atoms with E-state index >= 15 is 0 Å². The molecule has 0 fully saturated rings. The molecule has 19 heavy (non-hydrogen) atoms. The Kier molecular flexibility index (Phi) is 4.61. The average molecular weight is 259 g/mol. The molecule has 3 heteroatoms. The van der Waals surface area contributed by atoms with Gasteiger partial charge in [-0.15, -0.1) is 0 Å². The van der Waals surface area contributed by atoms with Crippen LogP contribution in [0.15, 0.2) is 35.1 Å². The predicted octanol–water partition coefficient (Wildman–Crippen LogP) is 3.73. The van der Waals surface area contributed by atoms with Gasteiger partial charge in [-0.05, 0) is 42.3 Å². The Morgan fingerprint density at radius 3 is 2.74 bits per heavy atom. The first-order valence-corrected chi connectivity index (χ1v) is 6.91. The maximum absolute atomic E-state index is 11.3. The Bertz CT molecular complexity index is 587. The molecule has 0 amide bonds. The number of aromatic amines is 1. The maximum atomic E-state index is 11.3. The van der Waals surface area contributed by atoms with Crippen molar-refractivity contribution in [3.8, 4) is 5.75 Å². The fraction of sp³-hybridized carbons (Fsp3) is 0.438. The van der Waals surface area contributed by atoms with Crippen LogP contribution in [0.4, 0.5) is 0 Å². The van der Waals surface area contributed by atoms with Gasteiger partial charge in [-0.2, -0.15) is 0 Å². The highest BCUT2D eigenvalue weighted by Gasteiger charge is 1.99. The smallest absolute Gasteiger partial charge is 0.248 e. The van der Waals surface area contributed by atoms with E-state index in [4.69, 9.17) is 4.74 Å². The second-order valence-corrected chi connectivity index (χ2v) is 5.31. The number of ether oxygens (including phenoxy) is 1. The Morgan fingerprint density at radius 2 is 1.95 bits per heavy atom. The highest BCUT2D eigenvalue weighted by Crippen LogP contribution is 2.18. The van der Waals surface area contributed by atoms with Crippen molar-refractivity contribution in [3.05, 3.63) is 40.7 Å². The Morgan fingerprint density at radius 1 is 1.16 bits per heavy atom. The zero-order valence-corrected chi connectivity index (χ0v) is 11.6. The summed E-state index contributed by atoms with van der Waals surface area (Å²) in [6, 6.07) is 9.16. The van der Waals surface area contributed by atoms with E-state index in [2.05, 4.69) is 18.8 Å². The van der Waals surface area contributed by atoms with Crippen LogP contribution in [-0.2, 0) is 0 Å². The average Bonchev–Trinajstić information content (AvgIpc) is 2.37. The molecule has 1 aromatic carbocycles. The van der Waals surface area contributed by atoms with Gasteiger partial charge in [0.05, 0.1) is 12.1 Å². The zero-order valence-electron chi connectivity index (χ0n) is 11.6. The summed E-state index contributed by atoms with van der Waals surface area (Å²) in [7, 11) is 0. The number of nitrogens with one attached hydrogen (secondary N) is 1. The largest absolute Gasteiger partial charge is 0.494 e.